The SMILES string of the molecule is Cc1ccc(-c2cccc(C3CCC3)c2C2C=CC=CC2C)cc1. The van der Waals surface area contributed by atoms with Crippen molar-refractivity contribution < 1.29 is 0 Å². The van der Waals surface area contributed by atoms with E-state index in [0.29, 0.717) is 11.8 Å². The van der Waals surface area contributed by atoms with Gasteiger partial charge in [-0.05, 0) is 53.9 Å². The molecule has 4 rings (SSSR count). The summed E-state index contributed by atoms with van der Waals surface area (Å²) in [7, 11) is 0. The van der Waals surface area contributed by atoms with Crippen LogP contribution in [0, 0.1) is 12.8 Å². The summed E-state index contributed by atoms with van der Waals surface area (Å²) in [5.41, 5.74) is 7.27. The van der Waals surface area contributed by atoms with Crippen molar-refractivity contribution in [3.05, 3.63) is 83.5 Å². The van der Waals surface area contributed by atoms with Crippen LogP contribution in [-0.2, 0) is 0 Å². The van der Waals surface area contributed by atoms with E-state index in [9.17, 15) is 0 Å². The third kappa shape index (κ3) is 2.75. The van der Waals surface area contributed by atoms with E-state index < -0.39 is 0 Å². The maximum atomic E-state index is 2.40. The highest BCUT2D eigenvalue weighted by molar-refractivity contribution is 5.71. The summed E-state index contributed by atoms with van der Waals surface area (Å²) in [5, 5.41) is 0. The molecule has 0 amide bonds. The molecule has 24 heavy (non-hydrogen) atoms. The van der Waals surface area contributed by atoms with Gasteiger partial charge in [0.25, 0.3) is 0 Å². The normalized spacial score (nSPS) is 23.2. The van der Waals surface area contributed by atoms with Crippen molar-refractivity contribution in [3.8, 4) is 11.1 Å². The number of hydrogen-bond donors (Lipinski definition) is 0. The fraction of sp³-hybridized carbons (Fsp3) is 0.333. The minimum absolute atomic E-state index is 0.489. The van der Waals surface area contributed by atoms with E-state index >= 15 is 0 Å². The van der Waals surface area contributed by atoms with Crippen LogP contribution in [0.5, 0.6) is 0 Å². The molecule has 0 aromatic heterocycles. The Bertz CT molecular complexity index is 772. The molecule has 2 aromatic rings. The second-order valence-corrected chi connectivity index (χ2v) is 7.46. The molecule has 2 unspecified atom stereocenters. The Morgan fingerprint density at radius 2 is 1.62 bits per heavy atom. The van der Waals surface area contributed by atoms with Crippen molar-refractivity contribution in [2.45, 2.75) is 44.9 Å². The molecule has 1 fully saturated rings. The van der Waals surface area contributed by atoms with Crippen LogP contribution in [0.25, 0.3) is 11.1 Å². The molecule has 0 aliphatic heterocycles. The van der Waals surface area contributed by atoms with Crippen LogP contribution in [-0.4, -0.2) is 0 Å². The molecule has 122 valence electrons. The first-order valence-electron chi connectivity index (χ1n) is 9.29. The molecule has 0 spiro atoms. The molecule has 1 saturated carbocycles. The number of hydrogen-bond acceptors (Lipinski definition) is 0. The Morgan fingerprint density at radius 3 is 2.29 bits per heavy atom. The molecule has 0 saturated heterocycles. The first kappa shape index (κ1) is 15.4. The average molecular weight is 314 g/mol. The van der Waals surface area contributed by atoms with Gasteiger partial charge in [-0.3, -0.25) is 0 Å². The lowest BCUT2D eigenvalue weighted by molar-refractivity contribution is 0.414. The van der Waals surface area contributed by atoms with Gasteiger partial charge in [-0.25, -0.2) is 0 Å². The average Bonchev–Trinajstić information content (AvgIpc) is 2.55. The fourth-order valence-electron chi connectivity index (χ4n) is 4.09. The van der Waals surface area contributed by atoms with Crippen LogP contribution < -0.4 is 0 Å². The summed E-state index contributed by atoms with van der Waals surface area (Å²) < 4.78 is 0. The number of allylic oxidation sites excluding steroid dienone is 4. The van der Waals surface area contributed by atoms with Gasteiger partial charge in [-0.2, -0.15) is 0 Å². The van der Waals surface area contributed by atoms with E-state index in [0.717, 1.165) is 5.92 Å². The summed E-state index contributed by atoms with van der Waals surface area (Å²) in [4.78, 5) is 0. The summed E-state index contributed by atoms with van der Waals surface area (Å²) in [5.74, 6) is 1.81. The number of benzene rings is 2. The van der Waals surface area contributed by atoms with Gasteiger partial charge in [0, 0.05) is 5.92 Å². The molecule has 2 aromatic carbocycles. The smallest absolute Gasteiger partial charge is 0.00903 e. The third-order valence-electron chi connectivity index (χ3n) is 5.79. The molecule has 0 bridgehead atoms. The lowest BCUT2D eigenvalue weighted by Gasteiger charge is -2.33. The number of aryl methyl sites for hydroxylation is 1. The van der Waals surface area contributed by atoms with Gasteiger partial charge < -0.3 is 0 Å². The van der Waals surface area contributed by atoms with E-state index in [-0.39, 0.29) is 0 Å². The van der Waals surface area contributed by atoms with E-state index in [4.69, 9.17) is 0 Å². The fourth-order valence-corrected chi connectivity index (χ4v) is 4.09. The van der Waals surface area contributed by atoms with Crippen LogP contribution in [0.3, 0.4) is 0 Å². The monoisotopic (exact) mass is 314 g/mol. The van der Waals surface area contributed by atoms with Crippen LogP contribution in [0.2, 0.25) is 0 Å². The second-order valence-electron chi connectivity index (χ2n) is 7.46. The van der Waals surface area contributed by atoms with Crippen molar-refractivity contribution in [2.75, 3.05) is 0 Å². The predicted molar refractivity (Wildman–Crippen MR) is 103 cm³/mol. The Kier molecular flexibility index (Phi) is 4.14. The topological polar surface area (TPSA) is 0 Å². The Morgan fingerprint density at radius 1 is 0.875 bits per heavy atom. The minimum atomic E-state index is 0.489. The van der Waals surface area contributed by atoms with Gasteiger partial charge in [0.2, 0.25) is 0 Å². The maximum absolute atomic E-state index is 2.40. The quantitative estimate of drug-likeness (QED) is 0.586. The molecular formula is C24H26. The summed E-state index contributed by atoms with van der Waals surface area (Å²) in [6.45, 7) is 4.51. The van der Waals surface area contributed by atoms with Gasteiger partial charge in [-0.1, -0.05) is 85.7 Å². The van der Waals surface area contributed by atoms with Crippen LogP contribution >= 0.6 is 0 Å². The zero-order chi connectivity index (χ0) is 16.5. The van der Waals surface area contributed by atoms with Crippen molar-refractivity contribution in [2.24, 2.45) is 5.92 Å². The van der Waals surface area contributed by atoms with Crippen LogP contribution in [0.15, 0.2) is 66.8 Å². The highest BCUT2D eigenvalue weighted by Crippen LogP contribution is 2.46. The second kappa shape index (κ2) is 6.43. The lowest BCUT2D eigenvalue weighted by Crippen LogP contribution is -2.17. The van der Waals surface area contributed by atoms with Crippen molar-refractivity contribution in [3.63, 3.8) is 0 Å². The van der Waals surface area contributed by atoms with E-state index in [1.54, 1.807) is 11.1 Å². The summed E-state index contributed by atoms with van der Waals surface area (Å²) >= 11 is 0. The summed E-state index contributed by atoms with van der Waals surface area (Å²) in [6, 6.07) is 16.0. The lowest BCUT2D eigenvalue weighted by atomic mass is 9.71. The first-order chi connectivity index (χ1) is 11.7. The maximum Gasteiger partial charge on any atom is 0.00903 e. The van der Waals surface area contributed by atoms with E-state index in [1.807, 2.05) is 0 Å². The van der Waals surface area contributed by atoms with Crippen molar-refractivity contribution >= 4 is 0 Å². The van der Waals surface area contributed by atoms with E-state index in [2.05, 4.69) is 80.6 Å². The molecule has 0 heterocycles. The standard InChI is InChI=1S/C24H26/c1-17-13-15-20(16-14-17)23-12-6-11-22(19-8-5-9-19)24(23)21-10-4-3-7-18(21)2/h3-4,6-7,10-16,18-19,21H,5,8-9H2,1-2H3. The van der Waals surface area contributed by atoms with Gasteiger partial charge in [0.15, 0.2) is 0 Å². The van der Waals surface area contributed by atoms with Gasteiger partial charge in [-0.15, -0.1) is 0 Å². The van der Waals surface area contributed by atoms with Gasteiger partial charge in [0.1, 0.15) is 0 Å². The van der Waals surface area contributed by atoms with E-state index in [1.165, 1.54) is 36.0 Å². The highest BCUT2D eigenvalue weighted by Gasteiger charge is 2.28. The predicted octanol–water partition coefficient (Wildman–Crippen LogP) is 6.78. The molecule has 0 radical (unpaired) electrons. The van der Waals surface area contributed by atoms with Crippen LogP contribution in [0.4, 0.5) is 0 Å². The number of rotatable bonds is 3. The molecule has 2 atom stereocenters. The zero-order valence-corrected chi connectivity index (χ0v) is 14.7. The molecule has 2 aliphatic carbocycles. The molecule has 2 aliphatic rings. The molecular weight excluding hydrogens is 288 g/mol. The Balaban J connectivity index is 1.88. The highest BCUT2D eigenvalue weighted by atomic mass is 14.3. The largest absolute Gasteiger partial charge is 0.0808 e. The molecule has 0 nitrogen and oxygen atoms in total. The Labute approximate surface area is 145 Å². The third-order valence-corrected chi connectivity index (χ3v) is 5.79. The van der Waals surface area contributed by atoms with Crippen LogP contribution in [0.1, 0.15) is 54.7 Å². The molecule has 0 heteroatoms. The Hall–Kier alpha value is -2.08. The van der Waals surface area contributed by atoms with Crippen molar-refractivity contribution in [1.29, 1.82) is 0 Å². The first-order valence-corrected chi connectivity index (χ1v) is 9.29. The minimum Gasteiger partial charge on any atom is -0.0808 e. The zero-order valence-electron chi connectivity index (χ0n) is 14.7. The van der Waals surface area contributed by atoms with Gasteiger partial charge in [0.05, 0.1) is 0 Å². The van der Waals surface area contributed by atoms with Crippen molar-refractivity contribution in [1.82, 2.24) is 0 Å². The van der Waals surface area contributed by atoms with Gasteiger partial charge >= 0.3 is 0 Å². The summed E-state index contributed by atoms with van der Waals surface area (Å²) in [6.07, 6.45) is 13.3. The molecule has 0 N–H and O–H groups in total.